The Bertz CT molecular complexity index is 1240. The number of aliphatic hydroxyl groups is 1. The highest BCUT2D eigenvalue weighted by molar-refractivity contribution is 5.78. The minimum Gasteiger partial charge on any atom is -0.394 e. The third-order valence-electron chi connectivity index (χ3n) is 5.95. The second kappa shape index (κ2) is 9.56. The Labute approximate surface area is 193 Å². The van der Waals surface area contributed by atoms with E-state index in [2.05, 4.69) is 25.6 Å². The lowest BCUT2D eigenvalue weighted by Crippen LogP contribution is -2.29. The summed E-state index contributed by atoms with van der Waals surface area (Å²) in [6.07, 6.45) is 3.79. The van der Waals surface area contributed by atoms with E-state index >= 15 is 0 Å². The minimum absolute atomic E-state index is 0.123. The molecule has 10 nitrogen and oxygen atoms in total. The molecule has 0 saturated heterocycles. The number of anilines is 3. The Morgan fingerprint density at radius 1 is 1.29 bits per heavy atom. The summed E-state index contributed by atoms with van der Waals surface area (Å²) < 4.78 is 30.9. The normalized spacial score (nSPS) is 18.9. The van der Waals surface area contributed by atoms with E-state index in [9.17, 15) is 18.7 Å². The van der Waals surface area contributed by atoms with Crippen molar-refractivity contribution in [2.75, 3.05) is 17.2 Å². The number of nitrogens with zero attached hydrogens (tertiary/aromatic N) is 5. The molecule has 2 aromatic heterocycles. The summed E-state index contributed by atoms with van der Waals surface area (Å²) in [4.78, 5) is 24.8. The van der Waals surface area contributed by atoms with E-state index in [0.717, 1.165) is 12.1 Å². The van der Waals surface area contributed by atoms with Crippen LogP contribution in [-0.2, 0) is 4.79 Å². The van der Waals surface area contributed by atoms with Gasteiger partial charge in [-0.3, -0.25) is 9.36 Å². The molecule has 178 valence electrons. The third-order valence-corrected chi connectivity index (χ3v) is 5.95. The number of amides is 1. The summed E-state index contributed by atoms with van der Waals surface area (Å²) in [6.45, 7) is 1.64. The first-order valence-electron chi connectivity index (χ1n) is 10.9. The van der Waals surface area contributed by atoms with Gasteiger partial charge in [0.2, 0.25) is 17.8 Å². The lowest BCUT2D eigenvalue weighted by Gasteiger charge is -2.29. The average Bonchev–Trinajstić information content (AvgIpc) is 3.18. The van der Waals surface area contributed by atoms with Crippen LogP contribution < -0.4 is 16.4 Å². The molecule has 0 spiro atoms. The van der Waals surface area contributed by atoms with E-state index in [0.29, 0.717) is 36.8 Å². The number of imidazole rings is 1. The van der Waals surface area contributed by atoms with Gasteiger partial charge >= 0.3 is 0 Å². The number of fused-ring (bicyclic) bond motifs is 1. The number of halogens is 2. The van der Waals surface area contributed by atoms with Crippen molar-refractivity contribution in [1.29, 1.82) is 5.26 Å². The van der Waals surface area contributed by atoms with Gasteiger partial charge in [0.1, 0.15) is 11.2 Å². The zero-order chi connectivity index (χ0) is 24.4. The molecule has 1 aliphatic rings. The third kappa shape index (κ3) is 4.60. The number of rotatable bonds is 7. The van der Waals surface area contributed by atoms with E-state index in [1.807, 2.05) is 0 Å². The SMILES string of the molecule is C[C@@H](CO)Nc1ncc2nc(Nc3c(F)cc(C#N)cc3F)n(C3CCC(C(N)=O)CC3)c2n1. The van der Waals surface area contributed by atoms with Gasteiger partial charge in [-0.2, -0.15) is 10.2 Å². The van der Waals surface area contributed by atoms with Gasteiger partial charge in [-0.25, -0.2) is 18.7 Å². The molecule has 0 aliphatic heterocycles. The number of primary amides is 1. The van der Waals surface area contributed by atoms with Gasteiger partial charge in [0.15, 0.2) is 17.3 Å². The van der Waals surface area contributed by atoms with Gasteiger partial charge in [-0.05, 0) is 44.7 Å². The number of hydrogen-bond acceptors (Lipinski definition) is 8. The zero-order valence-electron chi connectivity index (χ0n) is 18.4. The smallest absolute Gasteiger partial charge is 0.225 e. The molecule has 2 heterocycles. The van der Waals surface area contributed by atoms with Crippen molar-refractivity contribution in [1.82, 2.24) is 19.5 Å². The summed E-state index contributed by atoms with van der Waals surface area (Å²) >= 11 is 0. The molecule has 0 unspecified atom stereocenters. The Balaban J connectivity index is 1.77. The number of nitrogens with one attached hydrogen (secondary N) is 2. The van der Waals surface area contributed by atoms with Crippen LogP contribution in [0.3, 0.4) is 0 Å². The van der Waals surface area contributed by atoms with Gasteiger partial charge in [0.25, 0.3) is 0 Å². The van der Waals surface area contributed by atoms with Gasteiger partial charge in [0, 0.05) is 18.0 Å². The van der Waals surface area contributed by atoms with Crippen LogP contribution in [0.2, 0.25) is 0 Å². The van der Waals surface area contributed by atoms with Crippen LogP contribution in [0.1, 0.15) is 44.2 Å². The highest BCUT2D eigenvalue weighted by Crippen LogP contribution is 2.37. The summed E-state index contributed by atoms with van der Waals surface area (Å²) in [6, 6.07) is 3.14. The zero-order valence-corrected chi connectivity index (χ0v) is 18.4. The number of nitriles is 1. The van der Waals surface area contributed by atoms with Crippen molar-refractivity contribution in [2.24, 2.45) is 11.7 Å². The molecular weight excluding hydrogens is 446 g/mol. The van der Waals surface area contributed by atoms with E-state index < -0.39 is 17.3 Å². The molecular formula is C22H24F2N8O2. The highest BCUT2D eigenvalue weighted by Gasteiger charge is 2.29. The van der Waals surface area contributed by atoms with Crippen molar-refractivity contribution < 1.29 is 18.7 Å². The van der Waals surface area contributed by atoms with Crippen molar-refractivity contribution in [3.8, 4) is 6.07 Å². The van der Waals surface area contributed by atoms with Crippen molar-refractivity contribution in [3.63, 3.8) is 0 Å². The molecule has 1 amide bonds. The van der Waals surface area contributed by atoms with Crippen molar-refractivity contribution in [3.05, 3.63) is 35.5 Å². The number of hydrogen-bond donors (Lipinski definition) is 4. The maximum absolute atomic E-state index is 14.6. The predicted molar refractivity (Wildman–Crippen MR) is 120 cm³/mol. The van der Waals surface area contributed by atoms with Crippen LogP contribution in [0, 0.1) is 28.9 Å². The van der Waals surface area contributed by atoms with Crippen LogP contribution in [-0.4, -0.2) is 43.2 Å². The Morgan fingerprint density at radius 3 is 2.56 bits per heavy atom. The molecule has 3 aromatic rings. The standard InChI is InChI=1S/C22H24F2N8O2/c1-11(10-33)28-21-27-9-17-20(31-21)32(14-4-2-13(3-5-14)19(26)34)22(29-17)30-18-15(23)6-12(8-25)7-16(18)24/h6-7,9,11,13-14,33H,2-5,10H2,1H3,(H2,26,34)(H,29,30)(H,27,28,31)/t11-,13?,14?/m0/s1. The maximum atomic E-state index is 14.6. The Morgan fingerprint density at radius 2 is 1.97 bits per heavy atom. The quantitative estimate of drug-likeness (QED) is 0.411. The first-order chi connectivity index (χ1) is 16.3. The largest absolute Gasteiger partial charge is 0.394 e. The maximum Gasteiger partial charge on any atom is 0.225 e. The number of benzene rings is 1. The average molecular weight is 470 g/mol. The molecule has 1 saturated carbocycles. The summed E-state index contributed by atoms with van der Waals surface area (Å²) in [5, 5.41) is 24.0. The van der Waals surface area contributed by atoms with Crippen LogP contribution in [0.4, 0.5) is 26.4 Å². The molecule has 0 radical (unpaired) electrons. The molecule has 5 N–H and O–H groups in total. The van der Waals surface area contributed by atoms with Crippen LogP contribution in [0.5, 0.6) is 0 Å². The van der Waals surface area contributed by atoms with Gasteiger partial charge < -0.3 is 21.5 Å². The molecule has 1 fully saturated rings. The fraction of sp³-hybridized carbons (Fsp3) is 0.409. The van der Waals surface area contributed by atoms with Gasteiger partial charge in [0.05, 0.1) is 24.4 Å². The lowest BCUT2D eigenvalue weighted by atomic mass is 9.85. The molecule has 0 bridgehead atoms. The molecule has 1 atom stereocenters. The molecule has 34 heavy (non-hydrogen) atoms. The summed E-state index contributed by atoms with van der Waals surface area (Å²) in [5.41, 5.74) is 5.71. The fourth-order valence-corrected chi connectivity index (χ4v) is 4.15. The summed E-state index contributed by atoms with van der Waals surface area (Å²) in [7, 11) is 0. The van der Waals surface area contributed by atoms with Crippen molar-refractivity contribution in [2.45, 2.75) is 44.7 Å². The van der Waals surface area contributed by atoms with Crippen LogP contribution in [0.25, 0.3) is 11.2 Å². The molecule has 4 rings (SSSR count). The van der Waals surface area contributed by atoms with E-state index in [1.54, 1.807) is 17.6 Å². The number of nitrogens with two attached hydrogens (primary N) is 1. The topological polar surface area (TPSA) is 155 Å². The Hall–Kier alpha value is -3.85. The van der Waals surface area contributed by atoms with E-state index in [-0.39, 0.29) is 48.0 Å². The van der Waals surface area contributed by atoms with Crippen LogP contribution >= 0.6 is 0 Å². The first-order valence-corrected chi connectivity index (χ1v) is 10.9. The number of carbonyl (C=O) groups is 1. The second-order valence-electron chi connectivity index (χ2n) is 8.40. The summed E-state index contributed by atoms with van der Waals surface area (Å²) in [5.74, 6) is -2.02. The van der Waals surface area contributed by atoms with E-state index in [1.165, 1.54) is 6.20 Å². The molecule has 1 aromatic carbocycles. The first kappa shape index (κ1) is 23.3. The highest BCUT2D eigenvalue weighted by atomic mass is 19.1. The predicted octanol–water partition coefficient (Wildman–Crippen LogP) is 2.73. The Kier molecular flexibility index (Phi) is 6.56. The van der Waals surface area contributed by atoms with Gasteiger partial charge in [-0.15, -0.1) is 0 Å². The second-order valence-corrected chi connectivity index (χ2v) is 8.40. The number of carbonyl (C=O) groups excluding carboxylic acids is 1. The lowest BCUT2D eigenvalue weighted by molar-refractivity contribution is -0.122. The number of aromatic nitrogens is 4. The molecule has 12 heteroatoms. The van der Waals surface area contributed by atoms with Gasteiger partial charge in [-0.1, -0.05) is 0 Å². The van der Waals surface area contributed by atoms with E-state index in [4.69, 9.17) is 11.0 Å². The monoisotopic (exact) mass is 470 g/mol. The molecule has 1 aliphatic carbocycles. The fourth-order valence-electron chi connectivity index (χ4n) is 4.15. The minimum atomic E-state index is -0.933. The van der Waals surface area contributed by atoms with Crippen molar-refractivity contribution >= 4 is 34.7 Å². The number of aliphatic hydroxyl groups excluding tert-OH is 1. The van der Waals surface area contributed by atoms with Crippen LogP contribution in [0.15, 0.2) is 18.3 Å².